The lowest BCUT2D eigenvalue weighted by atomic mass is 10.4. The molecule has 1 aromatic rings. The zero-order valence-electron chi connectivity index (χ0n) is 10.3. The van der Waals surface area contributed by atoms with Crippen molar-refractivity contribution >= 4 is 6.03 Å². The van der Waals surface area contributed by atoms with Gasteiger partial charge in [0, 0.05) is 19.5 Å². The van der Waals surface area contributed by atoms with Crippen molar-refractivity contribution in [3.05, 3.63) is 11.7 Å². The number of ether oxygens (including phenoxy) is 1. The van der Waals surface area contributed by atoms with E-state index < -0.39 is 0 Å². The number of aromatic nitrogens is 2. The highest BCUT2D eigenvalue weighted by molar-refractivity contribution is 5.73. The number of carbonyl (C=O) groups excluding carboxylic acids is 1. The van der Waals surface area contributed by atoms with Crippen molar-refractivity contribution in [2.45, 2.75) is 13.3 Å². The first-order valence-electron chi connectivity index (χ1n) is 5.91. The van der Waals surface area contributed by atoms with Crippen LogP contribution in [-0.4, -0.2) is 54.0 Å². The Kier molecular flexibility index (Phi) is 4.48. The van der Waals surface area contributed by atoms with Gasteiger partial charge >= 0.3 is 6.03 Å². The summed E-state index contributed by atoms with van der Waals surface area (Å²) >= 11 is 0. The van der Waals surface area contributed by atoms with Crippen LogP contribution in [0.3, 0.4) is 0 Å². The average Bonchev–Trinajstić information content (AvgIpc) is 2.63. The van der Waals surface area contributed by atoms with Crippen molar-refractivity contribution in [1.82, 2.24) is 25.9 Å². The van der Waals surface area contributed by atoms with Crippen molar-refractivity contribution in [1.29, 1.82) is 0 Å². The highest BCUT2D eigenvalue weighted by Gasteiger charge is 2.14. The Morgan fingerprint density at radius 1 is 1.56 bits per heavy atom. The SMILES string of the molecule is Cc1noc(CCNC(=O)N2CCOCCN2)n1. The molecule has 0 bridgehead atoms. The van der Waals surface area contributed by atoms with Crippen LogP contribution in [0.1, 0.15) is 11.7 Å². The fourth-order valence-corrected chi connectivity index (χ4v) is 1.58. The fourth-order valence-electron chi connectivity index (χ4n) is 1.58. The molecule has 0 atom stereocenters. The minimum absolute atomic E-state index is 0.170. The quantitative estimate of drug-likeness (QED) is 0.754. The number of carbonyl (C=O) groups is 1. The monoisotopic (exact) mass is 255 g/mol. The summed E-state index contributed by atoms with van der Waals surface area (Å²) in [5.41, 5.74) is 2.98. The van der Waals surface area contributed by atoms with Crippen molar-refractivity contribution < 1.29 is 14.1 Å². The van der Waals surface area contributed by atoms with Crippen LogP contribution >= 0.6 is 0 Å². The molecule has 2 amide bonds. The van der Waals surface area contributed by atoms with E-state index in [2.05, 4.69) is 20.9 Å². The molecule has 1 fully saturated rings. The number of nitrogens with zero attached hydrogens (tertiary/aromatic N) is 3. The van der Waals surface area contributed by atoms with Crippen LogP contribution in [0, 0.1) is 6.92 Å². The van der Waals surface area contributed by atoms with Gasteiger partial charge in [0.1, 0.15) is 0 Å². The number of nitrogens with one attached hydrogen (secondary N) is 2. The Balaban J connectivity index is 1.70. The molecule has 0 aliphatic carbocycles. The number of hydrogen-bond donors (Lipinski definition) is 2. The molecule has 0 radical (unpaired) electrons. The van der Waals surface area contributed by atoms with Gasteiger partial charge in [-0.25, -0.2) is 10.2 Å². The Morgan fingerprint density at radius 2 is 2.44 bits per heavy atom. The second-order valence-electron chi connectivity index (χ2n) is 3.89. The zero-order chi connectivity index (χ0) is 12.8. The number of urea groups is 1. The van der Waals surface area contributed by atoms with Gasteiger partial charge in [-0.2, -0.15) is 4.98 Å². The van der Waals surface area contributed by atoms with E-state index in [0.717, 1.165) is 0 Å². The summed E-state index contributed by atoms with van der Waals surface area (Å²) in [7, 11) is 0. The molecule has 0 unspecified atom stereocenters. The van der Waals surface area contributed by atoms with Crippen LogP contribution in [0.15, 0.2) is 4.52 Å². The lowest BCUT2D eigenvalue weighted by molar-refractivity contribution is 0.143. The van der Waals surface area contributed by atoms with Crippen molar-refractivity contribution in [2.24, 2.45) is 0 Å². The molecule has 0 spiro atoms. The topological polar surface area (TPSA) is 92.5 Å². The van der Waals surface area contributed by atoms with Gasteiger partial charge in [0.2, 0.25) is 5.89 Å². The fraction of sp³-hybridized carbons (Fsp3) is 0.700. The third-order valence-electron chi connectivity index (χ3n) is 2.44. The van der Waals surface area contributed by atoms with Crippen LogP contribution in [0.5, 0.6) is 0 Å². The van der Waals surface area contributed by atoms with E-state index in [9.17, 15) is 4.79 Å². The number of amides is 2. The molecule has 0 saturated carbocycles. The summed E-state index contributed by atoms with van der Waals surface area (Å²) in [4.78, 5) is 15.8. The highest BCUT2D eigenvalue weighted by Crippen LogP contribution is 1.96. The summed E-state index contributed by atoms with van der Waals surface area (Å²) in [5.74, 6) is 1.13. The molecule has 1 aromatic heterocycles. The first kappa shape index (κ1) is 12.8. The van der Waals surface area contributed by atoms with Crippen LogP contribution in [0.4, 0.5) is 4.79 Å². The lowest BCUT2D eigenvalue weighted by Gasteiger charge is -2.20. The standard InChI is InChI=1S/C10H17N5O3/c1-8-13-9(18-14-8)2-3-11-10(16)15-5-7-17-6-4-12-15/h12H,2-7H2,1H3,(H,11,16). The van der Waals surface area contributed by atoms with E-state index in [1.54, 1.807) is 6.92 Å². The maximum atomic E-state index is 11.8. The number of rotatable bonds is 3. The molecule has 8 heteroatoms. The van der Waals surface area contributed by atoms with Crippen LogP contribution < -0.4 is 10.7 Å². The van der Waals surface area contributed by atoms with Gasteiger partial charge < -0.3 is 14.6 Å². The number of aryl methyl sites for hydroxylation is 1. The van der Waals surface area contributed by atoms with Gasteiger partial charge in [-0.3, -0.25) is 5.01 Å². The van der Waals surface area contributed by atoms with E-state index in [1.165, 1.54) is 5.01 Å². The summed E-state index contributed by atoms with van der Waals surface area (Å²) in [5, 5.41) is 7.98. The van der Waals surface area contributed by atoms with Gasteiger partial charge in [-0.15, -0.1) is 0 Å². The predicted octanol–water partition coefficient (Wildman–Crippen LogP) is -0.533. The summed E-state index contributed by atoms with van der Waals surface area (Å²) < 4.78 is 10.2. The molecule has 18 heavy (non-hydrogen) atoms. The third kappa shape index (κ3) is 3.67. The van der Waals surface area contributed by atoms with Crippen LogP contribution in [-0.2, 0) is 11.2 Å². The average molecular weight is 255 g/mol. The second kappa shape index (κ2) is 6.31. The summed E-state index contributed by atoms with van der Waals surface area (Å²) in [6.07, 6.45) is 0.525. The molecule has 2 N–H and O–H groups in total. The molecule has 2 heterocycles. The maximum absolute atomic E-state index is 11.8. The Bertz CT molecular complexity index is 387. The molecule has 1 aliphatic heterocycles. The van der Waals surface area contributed by atoms with Gasteiger partial charge in [-0.05, 0) is 6.92 Å². The van der Waals surface area contributed by atoms with Crippen molar-refractivity contribution in [3.63, 3.8) is 0 Å². The zero-order valence-corrected chi connectivity index (χ0v) is 10.3. The predicted molar refractivity (Wildman–Crippen MR) is 61.7 cm³/mol. The van der Waals surface area contributed by atoms with E-state index >= 15 is 0 Å². The highest BCUT2D eigenvalue weighted by atomic mass is 16.5. The van der Waals surface area contributed by atoms with E-state index in [0.29, 0.717) is 51.0 Å². The maximum Gasteiger partial charge on any atom is 0.331 e. The lowest BCUT2D eigenvalue weighted by Crippen LogP contribution is -2.49. The van der Waals surface area contributed by atoms with Crippen LogP contribution in [0.2, 0.25) is 0 Å². The van der Waals surface area contributed by atoms with Gasteiger partial charge in [0.05, 0.1) is 19.8 Å². The molecule has 8 nitrogen and oxygen atoms in total. The molecule has 100 valence electrons. The molecular weight excluding hydrogens is 238 g/mol. The van der Waals surface area contributed by atoms with E-state index in [4.69, 9.17) is 9.26 Å². The molecule has 1 saturated heterocycles. The minimum atomic E-state index is -0.170. The van der Waals surface area contributed by atoms with Crippen molar-refractivity contribution in [2.75, 3.05) is 32.8 Å². The summed E-state index contributed by atoms with van der Waals surface area (Å²) in [6.45, 7) is 4.54. The van der Waals surface area contributed by atoms with Gasteiger partial charge in [0.25, 0.3) is 0 Å². The summed E-state index contributed by atoms with van der Waals surface area (Å²) in [6, 6.07) is -0.170. The van der Waals surface area contributed by atoms with E-state index in [1.807, 2.05) is 0 Å². The van der Waals surface area contributed by atoms with Crippen molar-refractivity contribution in [3.8, 4) is 0 Å². The Labute approximate surface area is 105 Å². The molecule has 0 aromatic carbocycles. The van der Waals surface area contributed by atoms with E-state index in [-0.39, 0.29) is 6.03 Å². The molecule has 2 rings (SSSR count). The van der Waals surface area contributed by atoms with Gasteiger partial charge in [-0.1, -0.05) is 5.16 Å². The minimum Gasteiger partial charge on any atom is -0.378 e. The largest absolute Gasteiger partial charge is 0.378 e. The smallest absolute Gasteiger partial charge is 0.331 e. The number of hydrogen-bond acceptors (Lipinski definition) is 6. The molecular formula is C10H17N5O3. The normalized spacial score (nSPS) is 16.4. The number of hydrazine groups is 1. The third-order valence-corrected chi connectivity index (χ3v) is 2.44. The Hall–Kier alpha value is -1.67. The Morgan fingerprint density at radius 3 is 3.22 bits per heavy atom. The second-order valence-corrected chi connectivity index (χ2v) is 3.89. The first-order chi connectivity index (χ1) is 8.75. The van der Waals surface area contributed by atoms with Gasteiger partial charge in [0.15, 0.2) is 5.82 Å². The van der Waals surface area contributed by atoms with Crippen LogP contribution in [0.25, 0.3) is 0 Å². The molecule has 1 aliphatic rings. The first-order valence-corrected chi connectivity index (χ1v) is 5.91.